The second-order valence-electron chi connectivity index (χ2n) is 4.44. The molecular formula is C15H19NO3S. The molecular weight excluding hydrogens is 274 g/mol. The highest BCUT2D eigenvalue weighted by atomic mass is 32.1. The van der Waals surface area contributed by atoms with Crippen LogP contribution in [-0.4, -0.2) is 23.4 Å². The van der Waals surface area contributed by atoms with Gasteiger partial charge in [0.05, 0.1) is 12.7 Å². The van der Waals surface area contributed by atoms with Crippen LogP contribution in [0.2, 0.25) is 0 Å². The Morgan fingerprint density at radius 1 is 1.35 bits per heavy atom. The lowest BCUT2D eigenvalue weighted by atomic mass is 10.1. The average Bonchev–Trinajstić information content (AvgIpc) is 2.96. The van der Waals surface area contributed by atoms with Gasteiger partial charge >= 0.3 is 0 Å². The van der Waals surface area contributed by atoms with Crippen molar-refractivity contribution in [2.75, 3.05) is 13.2 Å². The van der Waals surface area contributed by atoms with Crippen molar-refractivity contribution in [2.24, 2.45) is 0 Å². The largest absolute Gasteiger partial charge is 0.504 e. The Morgan fingerprint density at radius 3 is 2.90 bits per heavy atom. The molecule has 0 aliphatic rings. The molecule has 0 aliphatic heterocycles. The Bertz CT molecular complexity index is 528. The van der Waals surface area contributed by atoms with E-state index in [4.69, 9.17) is 4.74 Å². The molecule has 0 amide bonds. The normalized spacial score (nSPS) is 12.3. The zero-order chi connectivity index (χ0) is 14.4. The Hall–Kier alpha value is -1.56. The zero-order valence-electron chi connectivity index (χ0n) is 11.4. The van der Waals surface area contributed by atoms with Gasteiger partial charge in [0.25, 0.3) is 0 Å². The Balaban J connectivity index is 1.86. The van der Waals surface area contributed by atoms with Crippen molar-refractivity contribution in [2.45, 2.75) is 19.6 Å². The van der Waals surface area contributed by atoms with Crippen molar-refractivity contribution in [1.82, 2.24) is 5.32 Å². The molecule has 1 unspecified atom stereocenters. The van der Waals surface area contributed by atoms with E-state index in [0.717, 1.165) is 11.1 Å². The molecule has 4 nitrogen and oxygen atoms in total. The third-order valence-electron chi connectivity index (χ3n) is 2.92. The molecule has 1 heterocycles. The van der Waals surface area contributed by atoms with Gasteiger partial charge < -0.3 is 20.3 Å². The number of aromatic hydroxyl groups is 1. The quantitative estimate of drug-likeness (QED) is 0.734. The first kappa shape index (κ1) is 14.8. The molecule has 5 heteroatoms. The van der Waals surface area contributed by atoms with Crippen LogP contribution in [0.3, 0.4) is 0 Å². The van der Waals surface area contributed by atoms with Crippen LogP contribution >= 0.6 is 11.3 Å². The minimum absolute atomic E-state index is 0.147. The van der Waals surface area contributed by atoms with Gasteiger partial charge in [0, 0.05) is 13.1 Å². The van der Waals surface area contributed by atoms with Crippen LogP contribution in [0.4, 0.5) is 0 Å². The summed E-state index contributed by atoms with van der Waals surface area (Å²) < 4.78 is 5.34. The van der Waals surface area contributed by atoms with Gasteiger partial charge in [-0.15, -0.1) is 0 Å². The van der Waals surface area contributed by atoms with Crippen LogP contribution in [0.15, 0.2) is 35.0 Å². The van der Waals surface area contributed by atoms with Gasteiger partial charge in [0.1, 0.15) is 0 Å². The Labute approximate surface area is 122 Å². The number of ether oxygens (including phenoxy) is 1. The van der Waals surface area contributed by atoms with E-state index in [9.17, 15) is 10.2 Å². The van der Waals surface area contributed by atoms with E-state index in [-0.39, 0.29) is 5.75 Å². The lowest BCUT2D eigenvalue weighted by molar-refractivity contribution is 0.175. The molecule has 0 fully saturated rings. The molecule has 108 valence electrons. The van der Waals surface area contributed by atoms with E-state index < -0.39 is 6.10 Å². The molecule has 0 saturated carbocycles. The summed E-state index contributed by atoms with van der Waals surface area (Å²) in [4.78, 5) is 0. The SMILES string of the molecule is CCOc1cc(CNCC(O)c2ccsc2)ccc1O. The number of benzene rings is 1. The predicted molar refractivity (Wildman–Crippen MR) is 80.3 cm³/mol. The number of hydrogen-bond acceptors (Lipinski definition) is 5. The van der Waals surface area contributed by atoms with Crippen LogP contribution in [0.1, 0.15) is 24.2 Å². The number of rotatable bonds is 7. The number of phenolic OH excluding ortho intramolecular Hbond substituents is 1. The van der Waals surface area contributed by atoms with Crippen LogP contribution < -0.4 is 10.1 Å². The number of aliphatic hydroxyl groups is 1. The van der Waals surface area contributed by atoms with Gasteiger partial charge in [-0.25, -0.2) is 0 Å². The second kappa shape index (κ2) is 7.28. The summed E-state index contributed by atoms with van der Waals surface area (Å²) in [6.45, 7) is 3.49. The van der Waals surface area contributed by atoms with Crippen molar-refractivity contribution in [1.29, 1.82) is 0 Å². The van der Waals surface area contributed by atoms with Gasteiger partial charge in [-0.05, 0) is 47.0 Å². The van der Waals surface area contributed by atoms with E-state index >= 15 is 0 Å². The van der Waals surface area contributed by atoms with E-state index in [1.807, 2.05) is 35.9 Å². The zero-order valence-corrected chi connectivity index (χ0v) is 12.2. The molecule has 0 bridgehead atoms. The maximum absolute atomic E-state index is 9.95. The number of aliphatic hydroxyl groups excluding tert-OH is 1. The second-order valence-corrected chi connectivity index (χ2v) is 5.22. The highest BCUT2D eigenvalue weighted by Gasteiger charge is 2.08. The van der Waals surface area contributed by atoms with Gasteiger partial charge in [0.2, 0.25) is 0 Å². The summed E-state index contributed by atoms with van der Waals surface area (Å²) in [5.74, 6) is 0.638. The minimum Gasteiger partial charge on any atom is -0.504 e. The first-order valence-corrected chi connectivity index (χ1v) is 7.50. The molecule has 0 radical (unpaired) electrons. The average molecular weight is 293 g/mol. The van der Waals surface area contributed by atoms with Crippen molar-refractivity contribution >= 4 is 11.3 Å². The first-order valence-electron chi connectivity index (χ1n) is 6.56. The van der Waals surface area contributed by atoms with Crippen molar-refractivity contribution in [3.8, 4) is 11.5 Å². The third kappa shape index (κ3) is 3.96. The Kier molecular flexibility index (Phi) is 5.40. The predicted octanol–water partition coefficient (Wildman–Crippen LogP) is 2.68. The molecule has 0 saturated heterocycles. The number of nitrogens with one attached hydrogen (secondary N) is 1. The van der Waals surface area contributed by atoms with E-state index in [1.165, 1.54) is 0 Å². The molecule has 1 atom stereocenters. The van der Waals surface area contributed by atoms with Crippen LogP contribution in [0.25, 0.3) is 0 Å². The van der Waals surface area contributed by atoms with Gasteiger partial charge in [0.15, 0.2) is 11.5 Å². The first-order chi connectivity index (χ1) is 9.70. The lowest BCUT2D eigenvalue weighted by Crippen LogP contribution is -2.20. The number of hydrogen-bond donors (Lipinski definition) is 3. The molecule has 2 aromatic rings. The minimum atomic E-state index is -0.496. The summed E-state index contributed by atoms with van der Waals surface area (Å²) in [7, 11) is 0. The third-order valence-corrected chi connectivity index (χ3v) is 3.62. The fourth-order valence-electron chi connectivity index (χ4n) is 1.88. The fourth-order valence-corrected chi connectivity index (χ4v) is 2.58. The maximum Gasteiger partial charge on any atom is 0.161 e. The standard InChI is InChI=1S/C15H19NO3S/c1-2-19-15-7-11(3-4-13(15)17)8-16-9-14(18)12-5-6-20-10-12/h3-7,10,14,16-18H,2,8-9H2,1H3. The summed E-state index contributed by atoms with van der Waals surface area (Å²) in [5.41, 5.74) is 1.94. The molecule has 1 aromatic heterocycles. The molecule has 1 aromatic carbocycles. The number of phenols is 1. The van der Waals surface area contributed by atoms with Gasteiger partial charge in [-0.2, -0.15) is 11.3 Å². The topological polar surface area (TPSA) is 61.7 Å². The molecule has 3 N–H and O–H groups in total. The summed E-state index contributed by atoms with van der Waals surface area (Å²) in [6.07, 6.45) is -0.496. The van der Waals surface area contributed by atoms with Crippen LogP contribution in [-0.2, 0) is 6.54 Å². The molecule has 0 spiro atoms. The molecule has 20 heavy (non-hydrogen) atoms. The summed E-state index contributed by atoms with van der Waals surface area (Å²) in [5, 5.41) is 26.7. The maximum atomic E-state index is 9.95. The van der Waals surface area contributed by atoms with Crippen molar-refractivity contribution < 1.29 is 14.9 Å². The fraction of sp³-hybridized carbons (Fsp3) is 0.333. The van der Waals surface area contributed by atoms with E-state index in [2.05, 4.69) is 5.32 Å². The van der Waals surface area contributed by atoms with E-state index in [1.54, 1.807) is 17.4 Å². The van der Waals surface area contributed by atoms with Gasteiger partial charge in [-0.3, -0.25) is 0 Å². The van der Waals surface area contributed by atoms with Crippen LogP contribution in [0, 0.1) is 0 Å². The smallest absolute Gasteiger partial charge is 0.161 e. The van der Waals surface area contributed by atoms with Gasteiger partial charge in [-0.1, -0.05) is 6.07 Å². The lowest BCUT2D eigenvalue weighted by Gasteiger charge is -2.12. The van der Waals surface area contributed by atoms with Crippen molar-refractivity contribution in [3.63, 3.8) is 0 Å². The monoisotopic (exact) mass is 293 g/mol. The van der Waals surface area contributed by atoms with Crippen molar-refractivity contribution in [3.05, 3.63) is 46.2 Å². The highest BCUT2D eigenvalue weighted by molar-refractivity contribution is 7.07. The van der Waals surface area contributed by atoms with Crippen LogP contribution in [0.5, 0.6) is 11.5 Å². The molecule has 0 aliphatic carbocycles. The summed E-state index contributed by atoms with van der Waals surface area (Å²) in [6, 6.07) is 7.19. The summed E-state index contributed by atoms with van der Waals surface area (Å²) >= 11 is 1.57. The van der Waals surface area contributed by atoms with E-state index in [0.29, 0.717) is 25.4 Å². The Morgan fingerprint density at radius 2 is 2.20 bits per heavy atom. The molecule has 2 rings (SSSR count). The highest BCUT2D eigenvalue weighted by Crippen LogP contribution is 2.26. The number of thiophene rings is 1.